The van der Waals surface area contributed by atoms with Crippen LogP contribution in [0.15, 0.2) is 0 Å². The molecule has 0 spiro atoms. The molecule has 4 nitrogen and oxygen atoms in total. The fraction of sp³-hybridized carbons (Fsp3) is 1.00. The van der Waals surface area contributed by atoms with Crippen LogP contribution in [0.5, 0.6) is 0 Å². The molecule has 0 aliphatic heterocycles. The van der Waals surface area contributed by atoms with Crippen LogP contribution in [0.2, 0.25) is 0 Å². The van der Waals surface area contributed by atoms with Crippen LogP contribution in [-0.2, 0) is 4.57 Å². The van der Waals surface area contributed by atoms with Crippen LogP contribution >= 0.6 is 7.60 Å². The minimum absolute atomic E-state index is 0.279. The fourth-order valence-electron chi connectivity index (χ4n) is 2.58. The number of nitrogens with one attached hydrogen (secondary N) is 1. The zero-order chi connectivity index (χ0) is 12.2. The van der Waals surface area contributed by atoms with Gasteiger partial charge in [0.1, 0.15) is 5.28 Å². The van der Waals surface area contributed by atoms with Crippen LogP contribution < -0.4 is 5.32 Å². The number of hydrogen-bond donors (Lipinski definition) is 3. The quantitative estimate of drug-likeness (QED) is 0.655. The first kappa shape index (κ1) is 14.2. The summed E-state index contributed by atoms with van der Waals surface area (Å²) in [5, 5.41) is 2.24. The lowest BCUT2D eigenvalue weighted by Crippen LogP contribution is -2.49. The van der Waals surface area contributed by atoms with Gasteiger partial charge in [0.05, 0.1) is 0 Å². The van der Waals surface area contributed by atoms with Crippen molar-refractivity contribution in [1.29, 1.82) is 0 Å². The third-order valence-electron chi connectivity index (χ3n) is 3.81. The molecular formula is C11H24NO3P. The van der Waals surface area contributed by atoms with E-state index < -0.39 is 12.9 Å². The molecule has 96 valence electrons. The fourth-order valence-corrected chi connectivity index (χ4v) is 3.75. The summed E-state index contributed by atoms with van der Waals surface area (Å²) in [4.78, 5) is 19.0. The highest BCUT2D eigenvalue weighted by Gasteiger charge is 2.44. The van der Waals surface area contributed by atoms with Gasteiger partial charge in [0, 0.05) is 6.04 Å². The van der Waals surface area contributed by atoms with Gasteiger partial charge in [-0.2, -0.15) is 0 Å². The van der Waals surface area contributed by atoms with Crippen LogP contribution in [-0.4, -0.2) is 21.1 Å². The van der Waals surface area contributed by atoms with Crippen LogP contribution in [0.3, 0.4) is 0 Å². The minimum atomic E-state index is -4.08. The zero-order valence-electron chi connectivity index (χ0n) is 10.3. The average Bonchev–Trinajstić information content (AvgIpc) is 2.25. The van der Waals surface area contributed by atoms with Gasteiger partial charge in [-0.15, -0.1) is 0 Å². The average molecular weight is 249 g/mol. The molecule has 16 heavy (non-hydrogen) atoms. The van der Waals surface area contributed by atoms with Gasteiger partial charge in [0.2, 0.25) is 0 Å². The largest absolute Gasteiger partial charge is 0.345 e. The predicted molar refractivity (Wildman–Crippen MR) is 65.4 cm³/mol. The maximum absolute atomic E-state index is 11.6. The van der Waals surface area contributed by atoms with Crippen molar-refractivity contribution in [2.45, 2.75) is 70.1 Å². The Kier molecular flexibility index (Phi) is 4.99. The summed E-state index contributed by atoms with van der Waals surface area (Å²) in [5.41, 5.74) is 0. The molecule has 0 aromatic heterocycles. The van der Waals surface area contributed by atoms with E-state index in [-0.39, 0.29) is 6.04 Å². The van der Waals surface area contributed by atoms with Crippen molar-refractivity contribution in [3.8, 4) is 0 Å². The van der Waals surface area contributed by atoms with E-state index in [0.717, 1.165) is 12.8 Å². The molecule has 0 unspecified atom stereocenters. The SMILES string of the molecule is CCC(CC)(NC1CCCCC1)P(=O)(O)O. The van der Waals surface area contributed by atoms with Crippen LogP contribution in [0.4, 0.5) is 0 Å². The lowest BCUT2D eigenvalue weighted by molar-refractivity contribution is 0.243. The first-order chi connectivity index (χ1) is 7.45. The Morgan fingerprint density at radius 3 is 2.06 bits per heavy atom. The van der Waals surface area contributed by atoms with Crippen molar-refractivity contribution in [3.05, 3.63) is 0 Å². The molecule has 3 N–H and O–H groups in total. The van der Waals surface area contributed by atoms with Gasteiger partial charge in [0.25, 0.3) is 0 Å². The van der Waals surface area contributed by atoms with E-state index >= 15 is 0 Å². The highest BCUT2D eigenvalue weighted by atomic mass is 31.2. The molecule has 0 saturated heterocycles. The molecule has 1 aliphatic carbocycles. The lowest BCUT2D eigenvalue weighted by Gasteiger charge is -2.38. The van der Waals surface area contributed by atoms with Crippen LogP contribution in [0, 0.1) is 0 Å². The van der Waals surface area contributed by atoms with Gasteiger partial charge >= 0.3 is 7.60 Å². The zero-order valence-corrected chi connectivity index (χ0v) is 11.2. The Morgan fingerprint density at radius 1 is 1.19 bits per heavy atom. The number of rotatable bonds is 5. The summed E-state index contributed by atoms with van der Waals surface area (Å²) in [6.07, 6.45) is 6.63. The third kappa shape index (κ3) is 3.07. The van der Waals surface area contributed by atoms with Crippen molar-refractivity contribution in [2.75, 3.05) is 0 Å². The molecule has 0 amide bonds. The highest BCUT2D eigenvalue weighted by molar-refractivity contribution is 7.53. The van der Waals surface area contributed by atoms with Crippen molar-refractivity contribution in [1.82, 2.24) is 5.32 Å². The van der Waals surface area contributed by atoms with Gasteiger partial charge in [-0.25, -0.2) is 0 Å². The summed E-state index contributed by atoms with van der Waals surface area (Å²) in [6.45, 7) is 3.69. The summed E-state index contributed by atoms with van der Waals surface area (Å²) >= 11 is 0. The van der Waals surface area contributed by atoms with Gasteiger partial charge in [-0.1, -0.05) is 33.1 Å². The molecule has 1 aliphatic rings. The maximum Gasteiger partial charge on any atom is 0.345 e. The molecule has 0 bridgehead atoms. The first-order valence-electron chi connectivity index (χ1n) is 6.28. The molecule has 1 rings (SSSR count). The predicted octanol–water partition coefficient (Wildman–Crippen LogP) is 2.60. The third-order valence-corrected chi connectivity index (χ3v) is 5.68. The van der Waals surface area contributed by atoms with Gasteiger partial charge in [0.15, 0.2) is 0 Å². The Bertz CT molecular complexity index is 254. The van der Waals surface area contributed by atoms with Crippen LogP contribution in [0.1, 0.15) is 58.8 Å². The minimum Gasteiger partial charge on any atom is -0.323 e. The van der Waals surface area contributed by atoms with E-state index in [9.17, 15) is 14.4 Å². The molecule has 0 aromatic carbocycles. The second-order valence-corrected chi connectivity index (χ2v) is 6.71. The number of hydrogen-bond acceptors (Lipinski definition) is 2. The second kappa shape index (κ2) is 5.63. The molecule has 0 atom stereocenters. The molecule has 0 heterocycles. The normalized spacial score (nSPS) is 20.0. The molecule has 0 aromatic rings. The first-order valence-corrected chi connectivity index (χ1v) is 7.90. The van der Waals surface area contributed by atoms with E-state index in [1.807, 2.05) is 13.8 Å². The summed E-state index contributed by atoms with van der Waals surface area (Å²) < 4.78 is 11.6. The Labute approximate surface area is 98.0 Å². The Morgan fingerprint density at radius 2 is 1.69 bits per heavy atom. The molecule has 1 saturated carbocycles. The van der Waals surface area contributed by atoms with Crippen molar-refractivity contribution in [2.24, 2.45) is 0 Å². The van der Waals surface area contributed by atoms with Gasteiger partial charge in [-0.3, -0.25) is 9.88 Å². The second-order valence-electron chi connectivity index (χ2n) is 4.76. The maximum atomic E-state index is 11.6. The topological polar surface area (TPSA) is 69.6 Å². The highest BCUT2D eigenvalue weighted by Crippen LogP contribution is 2.53. The van der Waals surface area contributed by atoms with Crippen molar-refractivity contribution >= 4 is 7.60 Å². The van der Waals surface area contributed by atoms with E-state index in [1.54, 1.807) is 0 Å². The van der Waals surface area contributed by atoms with Crippen molar-refractivity contribution in [3.63, 3.8) is 0 Å². The smallest absolute Gasteiger partial charge is 0.323 e. The standard InChI is InChI=1S/C11H24NO3P/c1-3-11(4-2,16(13,14)15)12-10-8-6-5-7-9-10/h10,12H,3-9H2,1-2H3,(H2,13,14,15). The van der Waals surface area contributed by atoms with E-state index in [2.05, 4.69) is 5.32 Å². The summed E-state index contributed by atoms with van der Waals surface area (Å²) in [5.74, 6) is 0. The van der Waals surface area contributed by atoms with Gasteiger partial charge < -0.3 is 9.79 Å². The molecule has 5 heteroatoms. The Hall–Kier alpha value is 0.110. The monoisotopic (exact) mass is 249 g/mol. The van der Waals surface area contributed by atoms with Crippen LogP contribution in [0.25, 0.3) is 0 Å². The molecule has 0 radical (unpaired) electrons. The Balaban J connectivity index is 2.73. The van der Waals surface area contributed by atoms with Crippen molar-refractivity contribution < 1.29 is 14.4 Å². The lowest BCUT2D eigenvalue weighted by atomic mass is 9.94. The molecule has 1 fully saturated rings. The van der Waals surface area contributed by atoms with Gasteiger partial charge in [-0.05, 0) is 25.7 Å². The van der Waals surface area contributed by atoms with E-state index in [4.69, 9.17) is 0 Å². The molecular weight excluding hydrogens is 225 g/mol. The van der Waals surface area contributed by atoms with E-state index in [0.29, 0.717) is 12.8 Å². The summed E-state index contributed by atoms with van der Waals surface area (Å²) in [6, 6.07) is 0.279. The van der Waals surface area contributed by atoms with E-state index in [1.165, 1.54) is 19.3 Å². The summed E-state index contributed by atoms with van der Waals surface area (Å²) in [7, 11) is -4.08.